The molecule has 2 aromatic rings. The van der Waals surface area contributed by atoms with Crippen molar-refractivity contribution in [3.63, 3.8) is 0 Å². The lowest BCUT2D eigenvalue weighted by molar-refractivity contribution is -0.133. The molecule has 0 radical (unpaired) electrons. The quantitative estimate of drug-likeness (QED) is 0.728. The molecule has 1 heterocycles. The Balaban J connectivity index is 1.58. The van der Waals surface area contributed by atoms with E-state index in [1.165, 1.54) is 10.5 Å². The molecule has 0 bridgehead atoms. The second-order valence-electron chi connectivity index (χ2n) is 7.41. The molecule has 1 atom stereocenters. The highest BCUT2D eigenvalue weighted by Gasteiger charge is 2.21. The maximum absolute atomic E-state index is 12.7. The van der Waals surface area contributed by atoms with E-state index >= 15 is 0 Å². The number of benzene rings is 2. The number of methoxy groups -OCH3 is 2. The fourth-order valence-corrected chi connectivity index (χ4v) is 3.48. The van der Waals surface area contributed by atoms with E-state index in [2.05, 4.69) is 17.4 Å². The number of nitrogens with zero attached hydrogens (tertiary/aromatic N) is 1. The van der Waals surface area contributed by atoms with E-state index in [0.717, 1.165) is 24.0 Å². The first kappa shape index (κ1) is 21.4. The van der Waals surface area contributed by atoms with Gasteiger partial charge in [0.25, 0.3) is 0 Å². The van der Waals surface area contributed by atoms with Gasteiger partial charge >= 0.3 is 0 Å². The summed E-state index contributed by atoms with van der Waals surface area (Å²) in [5.41, 5.74) is 2.96. The summed E-state index contributed by atoms with van der Waals surface area (Å²) in [7, 11) is 3.14. The molecule has 2 amide bonds. The summed E-state index contributed by atoms with van der Waals surface area (Å²) >= 11 is 0. The van der Waals surface area contributed by atoms with Gasteiger partial charge in [-0.1, -0.05) is 30.3 Å². The first-order valence-corrected chi connectivity index (χ1v) is 10.1. The van der Waals surface area contributed by atoms with Crippen LogP contribution in [0, 0.1) is 0 Å². The molecular formula is C24H28N2O4. The fourth-order valence-electron chi connectivity index (χ4n) is 3.48. The molecule has 1 N–H and O–H groups in total. The van der Waals surface area contributed by atoms with Crippen LogP contribution in [0.1, 0.15) is 30.0 Å². The molecule has 3 rings (SSSR count). The second kappa shape index (κ2) is 9.96. The van der Waals surface area contributed by atoms with Crippen LogP contribution in [0.2, 0.25) is 0 Å². The Kier molecular flexibility index (Phi) is 7.12. The molecule has 1 unspecified atom stereocenters. The number of amides is 2. The first-order chi connectivity index (χ1) is 14.5. The minimum Gasteiger partial charge on any atom is -0.493 e. The van der Waals surface area contributed by atoms with Crippen LogP contribution in [-0.4, -0.2) is 43.5 Å². The predicted octanol–water partition coefficient (Wildman–Crippen LogP) is 3.20. The van der Waals surface area contributed by atoms with Crippen LogP contribution in [0.15, 0.2) is 48.7 Å². The monoisotopic (exact) mass is 408 g/mol. The zero-order valence-corrected chi connectivity index (χ0v) is 17.7. The highest BCUT2D eigenvalue weighted by atomic mass is 16.5. The molecule has 2 aromatic carbocycles. The van der Waals surface area contributed by atoms with Crippen LogP contribution in [-0.2, 0) is 22.4 Å². The van der Waals surface area contributed by atoms with Gasteiger partial charge in [-0.25, -0.2) is 0 Å². The summed E-state index contributed by atoms with van der Waals surface area (Å²) < 4.78 is 10.7. The number of carbonyl (C=O) groups excluding carboxylic acids is 2. The predicted molar refractivity (Wildman–Crippen MR) is 116 cm³/mol. The van der Waals surface area contributed by atoms with Crippen molar-refractivity contribution in [1.29, 1.82) is 0 Å². The summed E-state index contributed by atoms with van der Waals surface area (Å²) in [6.07, 6.45) is 5.41. The van der Waals surface area contributed by atoms with Crippen LogP contribution in [0.25, 0.3) is 6.08 Å². The highest BCUT2D eigenvalue weighted by Crippen LogP contribution is 2.32. The van der Waals surface area contributed by atoms with Crippen LogP contribution in [0.3, 0.4) is 0 Å². The van der Waals surface area contributed by atoms with Crippen molar-refractivity contribution in [1.82, 2.24) is 10.2 Å². The Labute approximate surface area is 177 Å². The van der Waals surface area contributed by atoms with Gasteiger partial charge in [0.1, 0.15) is 6.54 Å². The molecule has 30 heavy (non-hydrogen) atoms. The van der Waals surface area contributed by atoms with Crippen molar-refractivity contribution in [3.8, 4) is 11.5 Å². The lowest BCUT2D eigenvalue weighted by Gasteiger charge is -2.19. The van der Waals surface area contributed by atoms with Crippen molar-refractivity contribution < 1.29 is 19.1 Å². The van der Waals surface area contributed by atoms with Crippen LogP contribution < -0.4 is 14.8 Å². The SMILES string of the molecule is COc1cc2c(cc1OC)CC(=O)N(CC(=O)NC(C)CCc1ccccc1)C=C2. The average molecular weight is 408 g/mol. The average Bonchev–Trinajstić information content (AvgIpc) is 2.90. The number of nitrogens with one attached hydrogen (secondary N) is 1. The van der Waals surface area contributed by atoms with E-state index in [0.29, 0.717) is 11.5 Å². The van der Waals surface area contributed by atoms with Gasteiger partial charge < -0.3 is 19.7 Å². The second-order valence-corrected chi connectivity index (χ2v) is 7.41. The largest absolute Gasteiger partial charge is 0.493 e. The van der Waals surface area contributed by atoms with Crippen LogP contribution in [0.5, 0.6) is 11.5 Å². The maximum atomic E-state index is 12.7. The number of fused-ring (bicyclic) bond motifs is 1. The number of hydrogen-bond donors (Lipinski definition) is 1. The van der Waals surface area contributed by atoms with Crippen molar-refractivity contribution in [3.05, 3.63) is 65.4 Å². The van der Waals surface area contributed by atoms with Crippen molar-refractivity contribution in [2.45, 2.75) is 32.2 Å². The van der Waals surface area contributed by atoms with E-state index in [1.54, 1.807) is 20.4 Å². The Morgan fingerprint density at radius 3 is 2.53 bits per heavy atom. The van der Waals surface area contributed by atoms with Gasteiger partial charge in [-0.15, -0.1) is 0 Å². The third-order valence-corrected chi connectivity index (χ3v) is 5.17. The summed E-state index contributed by atoms with van der Waals surface area (Å²) in [5, 5.41) is 2.99. The summed E-state index contributed by atoms with van der Waals surface area (Å²) in [5.74, 6) is 0.877. The molecular weight excluding hydrogens is 380 g/mol. The lowest BCUT2D eigenvalue weighted by atomic mass is 10.0. The number of rotatable bonds is 8. The Morgan fingerprint density at radius 2 is 1.83 bits per heavy atom. The number of carbonyl (C=O) groups is 2. The fraction of sp³-hybridized carbons (Fsp3) is 0.333. The van der Waals surface area contributed by atoms with Crippen LogP contribution >= 0.6 is 0 Å². The maximum Gasteiger partial charge on any atom is 0.240 e. The Morgan fingerprint density at radius 1 is 1.13 bits per heavy atom. The van der Waals surface area contributed by atoms with Gasteiger partial charge in [-0.2, -0.15) is 0 Å². The number of hydrogen-bond acceptors (Lipinski definition) is 4. The third-order valence-electron chi connectivity index (χ3n) is 5.17. The van der Waals surface area contributed by atoms with E-state index in [-0.39, 0.29) is 30.8 Å². The van der Waals surface area contributed by atoms with E-state index in [9.17, 15) is 9.59 Å². The van der Waals surface area contributed by atoms with Crippen molar-refractivity contribution in [2.75, 3.05) is 20.8 Å². The first-order valence-electron chi connectivity index (χ1n) is 10.1. The molecule has 6 nitrogen and oxygen atoms in total. The van der Waals surface area contributed by atoms with E-state index in [1.807, 2.05) is 43.3 Å². The number of ether oxygens (including phenoxy) is 2. The van der Waals surface area contributed by atoms with Gasteiger partial charge in [0.05, 0.1) is 20.6 Å². The molecule has 1 aliphatic heterocycles. The molecule has 158 valence electrons. The molecule has 6 heteroatoms. The normalized spacial score (nSPS) is 14.0. The van der Waals surface area contributed by atoms with Crippen molar-refractivity contribution >= 4 is 17.9 Å². The topological polar surface area (TPSA) is 67.9 Å². The highest BCUT2D eigenvalue weighted by molar-refractivity contribution is 5.89. The molecule has 0 aliphatic carbocycles. The molecule has 0 saturated heterocycles. The van der Waals surface area contributed by atoms with Gasteiger partial charge in [-0.3, -0.25) is 9.59 Å². The van der Waals surface area contributed by atoms with E-state index in [4.69, 9.17) is 9.47 Å². The van der Waals surface area contributed by atoms with Crippen LogP contribution in [0.4, 0.5) is 0 Å². The standard InChI is InChI=1S/C24H28N2O4/c1-17(9-10-18-7-5-4-6-8-18)25-23(27)16-26-12-11-19-13-21(29-2)22(30-3)14-20(19)15-24(26)28/h4-8,11-14,17H,9-10,15-16H2,1-3H3,(H,25,27). The number of aryl methyl sites for hydroxylation is 1. The summed E-state index contributed by atoms with van der Waals surface area (Å²) in [4.78, 5) is 26.6. The van der Waals surface area contributed by atoms with Crippen molar-refractivity contribution in [2.24, 2.45) is 0 Å². The van der Waals surface area contributed by atoms with Gasteiger partial charge in [-0.05, 0) is 54.7 Å². The molecule has 0 aromatic heterocycles. The Bertz CT molecular complexity index is 924. The molecule has 0 spiro atoms. The lowest BCUT2D eigenvalue weighted by Crippen LogP contribution is -2.41. The smallest absolute Gasteiger partial charge is 0.240 e. The Hall–Kier alpha value is -3.28. The summed E-state index contributed by atoms with van der Waals surface area (Å²) in [6, 6.07) is 13.9. The molecule has 0 saturated carbocycles. The summed E-state index contributed by atoms with van der Waals surface area (Å²) in [6.45, 7) is 1.97. The van der Waals surface area contributed by atoms with Gasteiger partial charge in [0.2, 0.25) is 11.8 Å². The molecule has 0 fully saturated rings. The van der Waals surface area contributed by atoms with Gasteiger partial charge in [0.15, 0.2) is 11.5 Å². The zero-order chi connectivity index (χ0) is 21.5. The van der Waals surface area contributed by atoms with E-state index < -0.39 is 0 Å². The van der Waals surface area contributed by atoms with Gasteiger partial charge in [0, 0.05) is 12.2 Å². The molecule has 1 aliphatic rings. The third kappa shape index (κ3) is 5.41. The minimum atomic E-state index is -0.172. The zero-order valence-electron chi connectivity index (χ0n) is 17.7. The minimum absolute atomic E-state index is 0.00668.